The number of nitrogens with zero attached hydrogens (tertiary/aromatic N) is 2. The molecule has 1 saturated carbocycles. The average molecular weight is 292 g/mol. The Kier molecular flexibility index (Phi) is 3.17. The van der Waals surface area contributed by atoms with Gasteiger partial charge in [-0.1, -0.05) is 11.6 Å². The first kappa shape index (κ1) is 12.6. The first-order chi connectivity index (χ1) is 9.79. The number of hydrogen-bond acceptors (Lipinski definition) is 3. The molecule has 0 bridgehead atoms. The van der Waals surface area contributed by atoms with Gasteiger partial charge in [0, 0.05) is 31.6 Å². The Morgan fingerprint density at radius 2 is 2.20 bits per heavy atom. The van der Waals surface area contributed by atoms with Crippen LogP contribution < -0.4 is 5.32 Å². The number of imidazole rings is 1. The Labute approximate surface area is 123 Å². The molecule has 0 amide bonds. The van der Waals surface area contributed by atoms with Crippen molar-refractivity contribution in [2.75, 3.05) is 6.61 Å². The predicted octanol–water partition coefficient (Wildman–Crippen LogP) is 2.64. The largest absolute Gasteiger partial charge is 0.376 e. The van der Waals surface area contributed by atoms with Crippen LogP contribution in [0.3, 0.4) is 0 Å². The SMILES string of the molecule is Clc1ccc2nc(CNC3CCOC3C3CC3)cn2c1. The summed E-state index contributed by atoms with van der Waals surface area (Å²) >= 11 is 5.99. The van der Waals surface area contributed by atoms with E-state index >= 15 is 0 Å². The van der Waals surface area contributed by atoms with Gasteiger partial charge in [0.15, 0.2) is 0 Å². The van der Waals surface area contributed by atoms with Gasteiger partial charge >= 0.3 is 0 Å². The number of aromatic nitrogens is 2. The normalized spacial score (nSPS) is 26.4. The minimum absolute atomic E-state index is 0.418. The van der Waals surface area contributed by atoms with E-state index in [1.54, 1.807) is 0 Å². The molecule has 1 aliphatic heterocycles. The van der Waals surface area contributed by atoms with Crippen LogP contribution in [-0.2, 0) is 11.3 Å². The molecule has 1 aliphatic carbocycles. The number of ether oxygens (including phenoxy) is 1. The standard InChI is InChI=1S/C15H18ClN3O/c16-11-3-4-14-18-12(9-19(14)8-11)7-17-13-5-6-20-15(13)10-1-2-10/h3-4,8-10,13,15,17H,1-2,5-7H2. The molecular formula is C15H18ClN3O. The Morgan fingerprint density at radius 1 is 1.30 bits per heavy atom. The van der Waals surface area contributed by atoms with Crippen molar-refractivity contribution in [2.24, 2.45) is 5.92 Å². The molecule has 2 aliphatic rings. The first-order valence-electron chi connectivity index (χ1n) is 7.28. The van der Waals surface area contributed by atoms with Crippen LogP contribution in [0.2, 0.25) is 5.02 Å². The molecule has 106 valence electrons. The lowest BCUT2D eigenvalue weighted by molar-refractivity contribution is 0.0808. The Balaban J connectivity index is 1.44. The minimum atomic E-state index is 0.418. The maximum absolute atomic E-state index is 5.99. The fourth-order valence-corrected chi connectivity index (χ4v) is 3.23. The lowest BCUT2D eigenvalue weighted by Gasteiger charge is -2.18. The lowest BCUT2D eigenvalue weighted by atomic mass is 10.1. The van der Waals surface area contributed by atoms with E-state index in [2.05, 4.69) is 10.3 Å². The maximum Gasteiger partial charge on any atom is 0.137 e. The summed E-state index contributed by atoms with van der Waals surface area (Å²) in [5.74, 6) is 0.787. The molecule has 2 fully saturated rings. The van der Waals surface area contributed by atoms with Gasteiger partial charge in [-0.25, -0.2) is 4.98 Å². The van der Waals surface area contributed by atoms with Crippen molar-refractivity contribution in [1.82, 2.24) is 14.7 Å². The quantitative estimate of drug-likeness (QED) is 0.941. The molecule has 1 saturated heterocycles. The Morgan fingerprint density at radius 3 is 3.05 bits per heavy atom. The number of pyridine rings is 1. The van der Waals surface area contributed by atoms with Crippen LogP contribution in [0.15, 0.2) is 24.5 Å². The van der Waals surface area contributed by atoms with Crippen molar-refractivity contribution >= 4 is 17.2 Å². The summed E-state index contributed by atoms with van der Waals surface area (Å²) in [4.78, 5) is 4.60. The summed E-state index contributed by atoms with van der Waals surface area (Å²) in [6.07, 6.45) is 8.11. The van der Waals surface area contributed by atoms with Crippen molar-refractivity contribution in [2.45, 2.75) is 38.0 Å². The molecule has 20 heavy (non-hydrogen) atoms. The second-order valence-corrected chi connectivity index (χ2v) is 6.23. The molecule has 2 atom stereocenters. The Hall–Kier alpha value is -1.10. The monoisotopic (exact) mass is 291 g/mol. The molecule has 1 N–H and O–H groups in total. The van der Waals surface area contributed by atoms with E-state index in [4.69, 9.17) is 16.3 Å². The van der Waals surface area contributed by atoms with Gasteiger partial charge in [-0.3, -0.25) is 0 Å². The first-order valence-corrected chi connectivity index (χ1v) is 7.65. The summed E-state index contributed by atoms with van der Waals surface area (Å²) in [6, 6.07) is 4.29. The fourth-order valence-electron chi connectivity index (χ4n) is 3.06. The fraction of sp³-hybridized carbons (Fsp3) is 0.533. The van der Waals surface area contributed by atoms with Gasteiger partial charge in [-0.2, -0.15) is 0 Å². The smallest absolute Gasteiger partial charge is 0.137 e. The molecule has 5 heteroatoms. The van der Waals surface area contributed by atoms with Crippen LogP contribution in [0.25, 0.3) is 5.65 Å². The molecule has 4 nitrogen and oxygen atoms in total. The predicted molar refractivity (Wildman–Crippen MR) is 77.9 cm³/mol. The number of fused-ring (bicyclic) bond motifs is 1. The molecule has 4 rings (SSSR count). The maximum atomic E-state index is 5.99. The number of nitrogens with one attached hydrogen (secondary N) is 1. The highest BCUT2D eigenvalue weighted by molar-refractivity contribution is 6.30. The van der Waals surface area contributed by atoms with Crippen molar-refractivity contribution in [3.05, 3.63) is 35.2 Å². The molecule has 0 radical (unpaired) electrons. The van der Waals surface area contributed by atoms with Crippen LogP contribution in [0.5, 0.6) is 0 Å². The second kappa shape index (κ2) is 5.02. The van der Waals surface area contributed by atoms with Crippen molar-refractivity contribution in [3.8, 4) is 0 Å². The summed E-state index contributed by atoms with van der Waals surface area (Å²) in [7, 11) is 0. The van der Waals surface area contributed by atoms with Crippen molar-refractivity contribution < 1.29 is 4.74 Å². The van der Waals surface area contributed by atoms with E-state index in [1.165, 1.54) is 12.8 Å². The molecule has 0 spiro atoms. The summed E-state index contributed by atoms with van der Waals surface area (Å²) in [6.45, 7) is 1.68. The summed E-state index contributed by atoms with van der Waals surface area (Å²) in [5.41, 5.74) is 1.99. The van der Waals surface area contributed by atoms with Crippen LogP contribution >= 0.6 is 11.6 Å². The van der Waals surface area contributed by atoms with Crippen molar-refractivity contribution in [3.63, 3.8) is 0 Å². The number of rotatable bonds is 4. The lowest BCUT2D eigenvalue weighted by Crippen LogP contribution is -2.37. The third-order valence-corrected chi connectivity index (χ3v) is 4.46. The van der Waals surface area contributed by atoms with Crippen LogP contribution in [0.1, 0.15) is 25.0 Å². The highest BCUT2D eigenvalue weighted by Crippen LogP contribution is 2.38. The van der Waals surface area contributed by atoms with E-state index in [1.807, 2.05) is 28.9 Å². The molecule has 2 unspecified atom stereocenters. The third-order valence-electron chi connectivity index (χ3n) is 4.23. The van der Waals surface area contributed by atoms with Gasteiger partial charge in [0.05, 0.1) is 16.8 Å². The zero-order valence-electron chi connectivity index (χ0n) is 11.3. The van der Waals surface area contributed by atoms with Crippen LogP contribution in [-0.4, -0.2) is 28.1 Å². The van der Waals surface area contributed by atoms with E-state index < -0.39 is 0 Å². The number of hydrogen-bond donors (Lipinski definition) is 1. The highest BCUT2D eigenvalue weighted by atomic mass is 35.5. The second-order valence-electron chi connectivity index (χ2n) is 5.79. The zero-order chi connectivity index (χ0) is 13.5. The molecule has 2 aromatic heterocycles. The van der Waals surface area contributed by atoms with E-state index in [9.17, 15) is 0 Å². The molecular weight excluding hydrogens is 274 g/mol. The summed E-state index contributed by atoms with van der Waals surface area (Å²) < 4.78 is 7.82. The molecule has 3 heterocycles. The third kappa shape index (κ3) is 2.43. The zero-order valence-corrected chi connectivity index (χ0v) is 12.0. The van der Waals surface area contributed by atoms with Gasteiger partial charge in [0.1, 0.15) is 5.65 Å². The van der Waals surface area contributed by atoms with E-state index in [-0.39, 0.29) is 0 Å². The topological polar surface area (TPSA) is 38.6 Å². The van der Waals surface area contributed by atoms with E-state index in [0.717, 1.165) is 41.9 Å². The molecule has 2 aromatic rings. The van der Waals surface area contributed by atoms with Gasteiger partial charge < -0.3 is 14.5 Å². The number of halogens is 1. The van der Waals surface area contributed by atoms with E-state index in [0.29, 0.717) is 12.1 Å². The van der Waals surface area contributed by atoms with Gasteiger partial charge in [0.25, 0.3) is 0 Å². The highest BCUT2D eigenvalue weighted by Gasteiger charge is 2.40. The van der Waals surface area contributed by atoms with Gasteiger partial charge in [0.2, 0.25) is 0 Å². The average Bonchev–Trinajstić information content (AvgIpc) is 3.03. The summed E-state index contributed by atoms with van der Waals surface area (Å²) in [5, 5.41) is 4.34. The van der Waals surface area contributed by atoms with Gasteiger partial charge in [-0.05, 0) is 37.3 Å². The minimum Gasteiger partial charge on any atom is -0.376 e. The Bertz CT molecular complexity index is 623. The van der Waals surface area contributed by atoms with Crippen LogP contribution in [0, 0.1) is 5.92 Å². The van der Waals surface area contributed by atoms with Crippen molar-refractivity contribution in [1.29, 1.82) is 0 Å². The van der Waals surface area contributed by atoms with Gasteiger partial charge in [-0.15, -0.1) is 0 Å². The van der Waals surface area contributed by atoms with Crippen LogP contribution in [0.4, 0.5) is 0 Å². The molecule has 0 aromatic carbocycles.